The molecule has 15 heavy (non-hydrogen) atoms. The second-order valence-electron chi connectivity index (χ2n) is 3.08. The Morgan fingerprint density at radius 1 is 1.33 bits per heavy atom. The summed E-state index contributed by atoms with van der Waals surface area (Å²) in [5.74, 6) is 0.719. The summed E-state index contributed by atoms with van der Waals surface area (Å²) < 4.78 is 10.1. The lowest BCUT2D eigenvalue weighted by Gasteiger charge is -2.15. The number of ether oxygens (including phenoxy) is 2. The van der Waals surface area contributed by atoms with Crippen LogP contribution in [0.3, 0.4) is 0 Å². The second kappa shape index (κ2) is 4.86. The minimum absolute atomic E-state index is 0.0187. The van der Waals surface area contributed by atoms with E-state index in [2.05, 4.69) is 0 Å². The molecule has 0 aliphatic rings. The largest absolute Gasteiger partial charge is 0.504 e. The van der Waals surface area contributed by atoms with E-state index in [0.29, 0.717) is 11.3 Å². The maximum atomic E-state index is 9.86. The molecule has 0 unspecified atom stereocenters. The zero-order valence-electron chi connectivity index (χ0n) is 8.86. The first-order valence-corrected chi connectivity index (χ1v) is 4.55. The van der Waals surface area contributed by atoms with Gasteiger partial charge in [-0.3, -0.25) is 0 Å². The van der Waals surface area contributed by atoms with Crippen molar-refractivity contribution in [1.29, 1.82) is 0 Å². The van der Waals surface area contributed by atoms with Gasteiger partial charge in [0.1, 0.15) is 0 Å². The first-order chi connectivity index (χ1) is 7.15. The molecule has 1 rings (SSSR count). The summed E-state index contributed by atoms with van der Waals surface area (Å²) in [5, 5.41) is 9.86. The number of benzene rings is 1. The van der Waals surface area contributed by atoms with E-state index in [-0.39, 0.29) is 18.0 Å². The molecule has 0 aliphatic carbocycles. The van der Waals surface area contributed by atoms with Crippen LogP contribution in [-0.4, -0.2) is 25.9 Å². The van der Waals surface area contributed by atoms with E-state index in [0.717, 1.165) is 0 Å². The van der Waals surface area contributed by atoms with Crippen LogP contribution in [0.5, 0.6) is 17.2 Å². The number of methoxy groups -OCH3 is 2. The Labute approximate surface area is 88.6 Å². The minimum atomic E-state index is -0.412. The summed E-state index contributed by atoms with van der Waals surface area (Å²) >= 11 is 0. The number of phenols is 1. The zero-order chi connectivity index (χ0) is 11.4. The highest BCUT2D eigenvalue weighted by atomic mass is 16.5. The lowest BCUT2D eigenvalue weighted by atomic mass is 10.1. The second-order valence-corrected chi connectivity index (χ2v) is 3.08. The van der Waals surface area contributed by atoms with Gasteiger partial charge in [0.05, 0.1) is 14.2 Å². The molecule has 0 spiro atoms. The molecule has 5 N–H and O–H groups in total. The molecule has 0 saturated carbocycles. The van der Waals surface area contributed by atoms with Gasteiger partial charge in [0.25, 0.3) is 0 Å². The smallest absolute Gasteiger partial charge is 0.203 e. The Balaban J connectivity index is 3.22. The average molecular weight is 212 g/mol. The average Bonchev–Trinajstić information content (AvgIpc) is 2.27. The van der Waals surface area contributed by atoms with Crippen LogP contribution in [0.2, 0.25) is 0 Å². The molecule has 1 aromatic rings. The highest BCUT2D eigenvalue weighted by Gasteiger charge is 2.17. The Morgan fingerprint density at radius 2 is 2.00 bits per heavy atom. The third kappa shape index (κ3) is 2.14. The first kappa shape index (κ1) is 11.6. The van der Waals surface area contributed by atoms with Gasteiger partial charge >= 0.3 is 0 Å². The molecule has 0 fully saturated rings. The van der Waals surface area contributed by atoms with E-state index in [1.807, 2.05) is 0 Å². The minimum Gasteiger partial charge on any atom is -0.504 e. The van der Waals surface area contributed by atoms with Gasteiger partial charge in [-0.15, -0.1) is 0 Å². The lowest BCUT2D eigenvalue weighted by Crippen LogP contribution is -2.20. The monoisotopic (exact) mass is 212 g/mol. The fraction of sp³-hybridized carbons (Fsp3) is 0.400. The highest BCUT2D eigenvalue weighted by Crippen LogP contribution is 2.40. The van der Waals surface area contributed by atoms with Crippen molar-refractivity contribution in [2.45, 2.75) is 6.04 Å². The summed E-state index contributed by atoms with van der Waals surface area (Å²) in [5.41, 5.74) is 11.7. The third-order valence-corrected chi connectivity index (χ3v) is 2.20. The van der Waals surface area contributed by atoms with Gasteiger partial charge in [0, 0.05) is 18.2 Å². The van der Waals surface area contributed by atoms with E-state index < -0.39 is 6.04 Å². The number of hydrogen-bond acceptors (Lipinski definition) is 5. The SMILES string of the molecule is COc1ccc([C@@H](N)CN)c(O)c1OC. The Hall–Kier alpha value is -1.46. The quantitative estimate of drug-likeness (QED) is 0.670. The molecular formula is C10H16N2O3. The topological polar surface area (TPSA) is 90.7 Å². The fourth-order valence-corrected chi connectivity index (χ4v) is 1.35. The van der Waals surface area contributed by atoms with Crippen LogP contribution in [0.4, 0.5) is 0 Å². The van der Waals surface area contributed by atoms with E-state index in [1.54, 1.807) is 12.1 Å². The van der Waals surface area contributed by atoms with E-state index in [1.165, 1.54) is 14.2 Å². The van der Waals surface area contributed by atoms with Crippen molar-refractivity contribution in [3.63, 3.8) is 0 Å². The number of rotatable bonds is 4. The van der Waals surface area contributed by atoms with Crippen LogP contribution < -0.4 is 20.9 Å². The van der Waals surface area contributed by atoms with Crippen molar-refractivity contribution >= 4 is 0 Å². The molecule has 1 aromatic carbocycles. The van der Waals surface area contributed by atoms with Gasteiger partial charge in [-0.1, -0.05) is 0 Å². The molecule has 0 heterocycles. The first-order valence-electron chi connectivity index (χ1n) is 4.55. The Kier molecular flexibility index (Phi) is 3.76. The molecule has 0 aromatic heterocycles. The summed E-state index contributed by atoms with van der Waals surface area (Å²) in [4.78, 5) is 0. The van der Waals surface area contributed by atoms with Crippen LogP contribution >= 0.6 is 0 Å². The molecule has 0 aliphatic heterocycles. The molecular weight excluding hydrogens is 196 g/mol. The maximum absolute atomic E-state index is 9.86. The van der Waals surface area contributed by atoms with Crippen LogP contribution in [-0.2, 0) is 0 Å². The molecule has 5 nitrogen and oxygen atoms in total. The predicted octanol–water partition coefficient (Wildman–Crippen LogP) is 0.368. The number of nitrogens with two attached hydrogens (primary N) is 2. The van der Waals surface area contributed by atoms with Crippen molar-refractivity contribution in [3.8, 4) is 17.2 Å². The van der Waals surface area contributed by atoms with Crippen molar-refractivity contribution in [2.24, 2.45) is 11.5 Å². The van der Waals surface area contributed by atoms with Gasteiger partial charge in [-0.05, 0) is 12.1 Å². The van der Waals surface area contributed by atoms with Crippen molar-refractivity contribution in [2.75, 3.05) is 20.8 Å². The molecule has 0 bridgehead atoms. The Bertz CT molecular complexity index is 342. The van der Waals surface area contributed by atoms with Crippen LogP contribution in [0.1, 0.15) is 11.6 Å². The van der Waals surface area contributed by atoms with Crippen molar-refractivity contribution < 1.29 is 14.6 Å². The summed E-state index contributed by atoms with van der Waals surface area (Å²) in [6, 6.07) is 2.95. The summed E-state index contributed by atoms with van der Waals surface area (Å²) in [6.45, 7) is 0.253. The highest BCUT2D eigenvalue weighted by molar-refractivity contribution is 5.55. The van der Waals surface area contributed by atoms with Crippen LogP contribution in [0.25, 0.3) is 0 Å². The molecule has 0 amide bonds. The van der Waals surface area contributed by atoms with E-state index in [4.69, 9.17) is 20.9 Å². The maximum Gasteiger partial charge on any atom is 0.203 e. The van der Waals surface area contributed by atoms with Crippen molar-refractivity contribution in [1.82, 2.24) is 0 Å². The Morgan fingerprint density at radius 3 is 2.47 bits per heavy atom. The number of aromatic hydroxyl groups is 1. The number of phenolic OH excluding ortho intramolecular Hbond substituents is 1. The molecule has 0 radical (unpaired) electrons. The molecule has 1 atom stereocenters. The molecule has 84 valence electrons. The van der Waals surface area contributed by atoms with Gasteiger partial charge in [0.2, 0.25) is 5.75 Å². The van der Waals surface area contributed by atoms with Gasteiger partial charge in [0.15, 0.2) is 11.5 Å². The lowest BCUT2D eigenvalue weighted by molar-refractivity contribution is 0.330. The van der Waals surface area contributed by atoms with E-state index >= 15 is 0 Å². The van der Waals surface area contributed by atoms with Crippen molar-refractivity contribution in [3.05, 3.63) is 17.7 Å². The number of hydrogen-bond donors (Lipinski definition) is 3. The fourth-order valence-electron chi connectivity index (χ4n) is 1.35. The molecule has 5 heteroatoms. The van der Waals surface area contributed by atoms with Gasteiger partial charge in [-0.2, -0.15) is 0 Å². The summed E-state index contributed by atoms with van der Waals surface area (Å²) in [7, 11) is 2.95. The van der Waals surface area contributed by atoms with Crippen LogP contribution in [0.15, 0.2) is 12.1 Å². The predicted molar refractivity (Wildman–Crippen MR) is 57.2 cm³/mol. The van der Waals surface area contributed by atoms with Gasteiger partial charge in [-0.25, -0.2) is 0 Å². The third-order valence-electron chi connectivity index (χ3n) is 2.20. The van der Waals surface area contributed by atoms with E-state index in [9.17, 15) is 5.11 Å². The molecule has 0 saturated heterocycles. The zero-order valence-corrected chi connectivity index (χ0v) is 8.86. The summed E-state index contributed by atoms with van der Waals surface area (Å²) in [6.07, 6.45) is 0. The van der Waals surface area contributed by atoms with Crippen LogP contribution in [0, 0.1) is 0 Å². The normalized spacial score (nSPS) is 12.3. The van der Waals surface area contributed by atoms with Gasteiger partial charge < -0.3 is 26.0 Å². The standard InChI is InChI=1S/C10H16N2O3/c1-14-8-4-3-6(7(12)5-11)9(13)10(8)15-2/h3-4,7,13H,5,11-12H2,1-2H3/t7-/m0/s1.